The Labute approximate surface area is 134 Å². The molecule has 0 aliphatic carbocycles. The van der Waals surface area contributed by atoms with E-state index in [1.54, 1.807) is 0 Å². The molecule has 0 N–H and O–H groups in total. The van der Waals surface area contributed by atoms with E-state index < -0.39 is 15.6 Å². The van der Waals surface area contributed by atoms with Crippen LogP contribution in [-0.2, 0) is 90.1 Å². The summed E-state index contributed by atoms with van der Waals surface area (Å²) in [5.74, 6) is 0. The molecule has 15 heteroatoms. The van der Waals surface area contributed by atoms with Gasteiger partial charge in [-0.05, 0) is 0 Å². The molecule has 0 saturated heterocycles. The first kappa shape index (κ1) is 43.2. The van der Waals surface area contributed by atoms with Gasteiger partial charge in [0.25, 0.3) is 0 Å². The third-order valence-corrected chi connectivity index (χ3v) is 0. The topological polar surface area (TPSA) is 201 Å². The Morgan fingerprint density at radius 3 is 0.600 bits per heavy atom. The van der Waals surface area contributed by atoms with Gasteiger partial charge in [0.2, 0.25) is 0 Å². The summed E-state index contributed by atoms with van der Waals surface area (Å²) in [7, 11) is -10.8. The minimum atomic E-state index is -5.39. The van der Waals surface area contributed by atoms with Crippen LogP contribution in [0.15, 0.2) is 0 Å². The predicted molar refractivity (Wildman–Crippen MR) is 15.9 cm³/mol. The van der Waals surface area contributed by atoms with Crippen LogP contribution in [0.3, 0.4) is 0 Å². The Morgan fingerprint density at radius 1 is 0.600 bits per heavy atom. The minimum Gasteiger partial charge on any atom is -2.00 e. The van der Waals surface area contributed by atoms with Crippen molar-refractivity contribution in [2.45, 2.75) is 0 Å². The second kappa shape index (κ2) is 18.9. The van der Waals surface area contributed by atoms with Gasteiger partial charge in [0.1, 0.15) is 0 Å². The molecule has 0 aliphatic heterocycles. The molecular formula is CuO9P2Zn3. The molecule has 0 saturated carbocycles. The van der Waals surface area contributed by atoms with Crippen LogP contribution >= 0.6 is 15.6 Å². The number of phosphoric acid groups is 2. The summed E-state index contributed by atoms with van der Waals surface area (Å²) in [6.07, 6.45) is 0. The zero-order chi connectivity index (χ0) is 9.00. The zero-order valence-corrected chi connectivity index (χ0v) is 18.6. The van der Waals surface area contributed by atoms with Gasteiger partial charge in [-0.2, -0.15) is 15.6 Å². The molecule has 0 heterocycles. The van der Waals surface area contributed by atoms with Gasteiger partial charge in [-0.3, -0.25) is 0 Å². The molecule has 0 bridgehead atoms. The van der Waals surface area contributed by atoms with E-state index in [1.807, 2.05) is 0 Å². The van der Waals surface area contributed by atoms with E-state index in [0.717, 1.165) is 0 Å². The molecule has 81 valence electrons. The van der Waals surface area contributed by atoms with E-state index in [1.165, 1.54) is 0 Å². The average Bonchev–Trinajstić information content (AvgIpc) is 1.12. The van der Waals surface area contributed by atoms with Crippen LogP contribution in [0.4, 0.5) is 0 Å². The molecule has 15 heavy (non-hydrogen) atoms. The summed E-state index contributed by atoms with van der Waals surface area (Å²) in [5.41, 5.74) is 0. The molecule has 0 aliphatic rings. The van der Waals surface area contributed by atoms with Gasteiger partial charge in [-0.1, -0.05) is 0 Å². The first-order chi connectivity index (χ1) is 4.00. The molecule has 0 aromatic carbocycles. The van der Waals surface area contributed by atoms with E-state index in [4.69, 9.17) is 38.5 Å². The van der Waals surface area contributed by atoms with Gasteiger partial charge in [0.05, 0.1) is 0 Å². The van der Waals surface area contributed by atoms with Crippen molar-refractivity contribution < 1.29 is 119 Å². The Morgan fingerprint density at radius 2 is 0.600 bits per heavy atom. The third-order valence-electron chi connectivity index (χ3n) is 0. The van der Waals surface area contributed by atoms with Crippen molar-refractivity contribution in [1.29, 1.82) is 0 Å². The standard InChI is InChI=1S/Cu.2H3O4P.O.3Zn/c;2*1-5(2,3)4;;;;/h;2*(H3,1,2,3,4);;;;/q+2;;;-2;3*+2/p-6. The van der Waals surface area contributed by atoms with Gasteiger partial charge >= 0.3 is 75.5 Å². The molecule has 0 rings (SSSR count). The SMILES string of the molecule is O=P([O-])([O-])[O-].O=P([O-])([O-])[O-].[Cu+2].[O-2].[Zn+2].[Zn+2].[Zn+2]. The van der Waals surface area contributed by atoms with Crippen molar-refractivity contribution in [2.75, 3.05) is 0 Å². The first-order valence-electron chi connectivity index (χ1n) is 1.46. The molecule has 9 nitrogen and oxygen atoms in total. The van der Waals surface area contributed by atoms with Crippen molar-refractivity contribution >= 4 is 15.6 Å². The zero-order valence-electron chi connectivity index (χ0n) is 6.99. The maximum Gasteiger partial charge on any atom is 2.00 e. The summed E-state index contributed by atoms with van der Waals surface area (Å²) >= 11 is 0. The molecule has 0 fully saturated rings. The van der Waals surface area contributed by atoms with Gasteiger partial charge in [0, 0.05) is 0 Å². The predicted octanol–water partition coefficient (Wildman–Crippen LogP) is -5.78. The average molecular weight is 466 g/mol. The van der Waals surface area contributed by atoms with Crippen LogP contribution in [-0.4, -0.2) is 0 Å². The van der Waals surface area contributed by atoms with E-state index in [2.05, 4.69) is 0 Å². The van der Waals surface area contributed by atoms with Crippen molar-refractivity contribution in [3.63, 3.8) is 0 Å². The van der Waals surface area contributed by atoms with Crippen LogP contribution in [0.2, 0.25) is 0 Å². The van der Waals surface area contributed by atoms with Gasteiger partial charge in [-0.15, -0.1) is 0 Å². The van der Waals surface area contributed by atoms with Gasteiger partial charge < -0.3 is 44.0 Å². The van der Waals surface area contributed by atoms with Crippen LogP contribution in [0.5, 0.6) is 0 Å². The number of hydrogen-bond donors (Lipinski definition) is 0. The van der Waals surface area contributed by atoms with E-state index in [9.17, 15) is 0 Å². The van der Waals surface area contributed by atoms with Crippen molar-refractivity contribution in [3.8, 4) is 0 Å². The second-order valence-corrected chi connectivity index (χ2v) is 2.68. The van der Waals surface area contributed by atoms with Crippen LogP contribution < -0.4 is 29.4 Å². The molecule has 0 unspecified atom stereocenters. The van der Waals surface area contributed by atoms with Crippen LogP contribution in [0.1, 0.15) is 0 Å². The second-order valence-electron chi connectivity index (χ2n) is 0.894. The summed E-state index contributed by atoms with van der Waals surface area (Å²) in [6.45, 7) is 0. The summed E-state index contributed by atoms with van der Waals surface area (Å²) < 4.78 is 17.1. The third kappa shape index (κ3) is 533. The van der Waals surface area contributed by atoms with Crippen molar-refractivity contribution in [2.24, 2.45) is 0 Å². The Bertz CT molecular complexity index is 136. The number of hydrogen-bond acceptors (Lipinski definition) is 8. The Balaban J connectivity index is -0.0000000128. The summed E-state index contributed by atoms with van der Waals surface area (Å²) in [6, 6.07) is 0. The fourth-order valence-corrected chi connectivity index (χ4v) is 0. The minimum absolute atomic E-state index is 0. The monoisotopic (exact) mass is 461 g/mol. The largest absolute Gasteiger partial charge is 2.00 e. The maximum atomic E-state index is 8.55. The van der Waals surface area contributed by atoms with E-state index >= 15 is 0 Å². The molecule has 0 spiro atoms. The van der Waals surface area contributed by atoms with Crippen molar-refractivity contribution in [3.05, 3.63) is 0 Å². The molecule has 0 amide bonds. The first-order valence-corrected chi connectivity index (χ1v) is 4.38. The summed E-state index contributed by atoms with van der Waals surface area (Å²) in [5, 5.41) is 0. The maximum absolute atomic E-state index is 8.55. The molecule has 0 aromatic rings. The van der Waals surface area contributed by atoms with Crippen LogP contribution in [0, 0.1) is 0 Å². The molecule has 0 atom stereocenters. The fraction of sp³-hybridized carbons (Fsp3) is 0. The quantitative estimate of drug-likeness (QED) is 0.248. The van der Waals surface area contributed by atoms with E-state index in [0.29, 0.717) is 0 Å². The number of rotatable bonds is 0. The smallest absolute Gasteiger partial charge is 2.00 e. The molecule has 0 aromatic heterocycles. The molecular weight excluding hydrogens is 466 g/mol. The van der Waals surface area contributed by atoms with Gasteiger partial charge in [0.15, 0.2) is 0 Å². The van der Waals surface area contributed by atoms with E-state index in [-0.39, 0.29) is 81.0 Å². The summed E-state index contributed by atoms with van der Waals surface area (Å²) in [4.78, 5) is 51.3. The molecule has 1 radical (unpaired) electrons. The van der Waals surface area contributed by atoms with Crippen LogP contribution in [0.25, 0.3) is 0 Å². The Kier molecular flexibility index (Phi) is 54.5. The normalized spacial score (nSPS) is 7.87. The van der Waals surface area contributed by atoms with Gasteiger partial charge in [-0.25, -0.2) is 0 Å². The Hall–Kier alpha value is 2.57. The van der Waals surface area contributed by atoms with Crippen molar-refractivity contribution in [1.82, 2.24) is 0 Å². The fourth-order valence-electron chi connectivity index (χ4n) is 0.